The highest BCUT2D eigenvalue weighted by Crippen LogP contribution is 2.21. The largest absolute Gasteiger partial charge is 0.466 e. The second-order valence-corrected chi connectivity index (χ2v) is 5.93. The highest BCUT2D eigenvalue weighted by molar-refractivity contribution is 5.70. The van der Waals surface area contributed by atoms with Gasteiger partial charge in [-0.15, -0.1) is 0 Å². The van der Waals surface area contributed by atoms with Gasteiger partial charge < -0.3 is 19.5 Å². The first-order chi connectivity index (χ1) is 13.6. The molecule has 6 heteroatoms. The molecule has 0 aliphatic rings. The summed E-state index contributed by atoms with van der Waals surface area (Å²) in [6.07, 6.45) is 3.77. The number of amides is 1. The zero-order chi connectivity index (χ0) is 20.2. The molecular formula is C22H25NO5. The third kappa shape index (κ3) is 7.53. The van der Waals surface area contributed by atoms with Crippen LogP contribution in [0.1, 0.15) is 25.3 Å². The topological polar surface area (TPSA) is 73.9 Å². The van der Waals surface area contributed by atoms with Crippen LogP contribution in [0.15, 0.2) is 60.7 Å². The minimum absolute atomic E-state index is 0.205. The number of carbonyl (C=O) groups excluding carboxylic acids is 2. The van der Waals surface area contributed by atoms with Crippen LogP contribution < -0.4 is 10.1 Å². The summed E-state index contributed by atoms with van der Waals surface area (Å²) in [5.41, 5.74) is 0.938. The number of rotatable bonds is 9. The van der Waals surface area contributed by atoms with Crippen molar-refractivity contribution in [1.29, 1.82) is 0 Å². The lowest BCUT2D eigenvalue weighted by Gasteiger charge is -2.14. The Morgan fingerprint density at radius 2 is 1.71 bits per heavy atom. The van der Waals surface area contributed by atoms with Crippen LogP contribution >= 0.6 is 0 Å². The first kappa shape index (κ1) is 21.0. The monoisotopic (exact) mass is 383 g/mol. The Balaban J connectivity index is 1.97. The molecule has 0 spiro atoms. The average molecular weight is 383 g/mol. The number of ether oxygens (including phenoxy) is 3. The second kappa shape index (κ2) is 11.4. The van der Waals surface area contributed by atoms with E-state index in [4.69, 9.17) is 9.47 Å². The highest BCUT2D eigenvalue weighted by atomic mass is 16.5. The maximum absolute atomic E-state index is 11.6. The van der Waals surface area contributed by atoms with E-state index in [0.29, 0.717) is 13.0 Å². The molecule has 0 saturated heterocycles. The quantitative estimate of drug-likeness (QED) is 0.643. The third-order valence-electron chi connectivity index (χ3n) is 3.83. The SMILES string of the molecule is CCOC(=O)CC[C@@H](/C=C/c1ccc(Oc2ccccc2)cc1)NC(=O)OC. The summed E-state index contributed by atoms with van der Waals surface area (Å²) in [6, 6.07) is 16.8. The van der Waals surface area contributed by atoms with Crippen LogP contribution in [0.2, 0.25) is 0 Å². The Morgan fingerprint density at radius 3 is 2.36 bits per heavy atom. The van der Waals surface area contributed by atoms with Gasteiger partial charge in [-0.25, -0.2) is 4.79 Å². The van der Waals surface area contributed by atoms with E-state index >= 15 is 0 Å². The van der Waals surface area contributed by atoms with Crippen molar-refractivity contribution in [3.63, 3.8) is 0 Å². The molecule has 0 aromatic heterocycles. The average Bonchev–Trinajstić information content (AvgIpc) is 2.72. The summed E-state index contributed by atoms with van der Waals surface area (Å²) in [5.74, 6) is 1.21. The van der Waals surface area contributed by atoms with Crippen molar-refractivity contribution in [2.24, 2.45) is 0 Å². The van der Waals surface area contributed by atoms with Gasteiger partial charge in [-0.3, -0.25) is 4.79 Å². The van der Waals surface area contributed by atoms with Crippen LogP contribution in [0.3, 0.4) is 0 Å². The number of alkyl carbamates (subject to hydrolysis) is 1. The molecule has 2 rings (SSSR count). The summed E-state index contributed by atoms with van der Waals surface area (Å²) in [5, 5.41) is 2.70. The maximum atomic E-state index is 11.6. The van der Waals surface area contributed by atoms with E-state index < -0.39 is 6.09 Å². The molecule has 0 aliphatic heterocycles. The van der Waals surface area contributed by atoms with Gasteiger partial charge in [-0.05, 0) is 43.2 Å². The summed E-state index contributed by atoms with van der Waals surface area (Å²) < 4.78 is 15.3. The van der Waals surface area contributed by atoms with Crippen molar-refractivity contribution >= 4 is 18.1 Å². The van der Waals surface area contributed by atoms with Crippen LogP contribution in [-0.2, 0) is 14.3 Å². The first-order valence-electron chi connectivity index (χ1n) is 9.12. The summed E-state index contributed by atoms with van der Waals surface area (Å²) in [6.45, 7) is 2.09. The lowest BCUT2D eigenvalue weighted by atomic mass is 10.1. The van der Waals surface area contributed by atoms with Gasteiger partial charge in [0.1, 0.15) is 11.5 Å². The molecule has 0 aliphatic carbocycles. The zero-order valence-corrected chi connectivity index (χ0v) is 16.1. The molecule has 0 unspecified atom stereocenters. The number of methoxy groups -OCH3 is 1. The van der Waals surface area contributed by atoms with Gasteiger partial charge in [0.25, 0.3) is 0 Å². The van der Waals surface area contributed by atoms with Gasteiger partial charge >= 0.3 is 12.1 Å². The van der Waals surface area contributed by atoms with Crippen molar-refractivity contribution in [2.75, 3.05) is 13.7 Å². The van der Waals surface area contributed by atoms with E-state index in [0.717, 1.165) is 17.1 Å². The normalized spacial score (nSPS) is 11.6. The molecule has 6 nitrogen and oxygen atoms in total. The van der Waals surface area contributed by atoms with E-state index in [9.17, 15) is 9.59 Å². The Bertz CT molecular complexity index is 771. The summed E-state index contributed by atoms with van der Waals surface area (Å²) in [4.78, 5) is 23.1. The minimum atomic E-state index is -0.551. The molecule has 0 bridgehead atoms. The Labute approximate surface area is 165 Å². The van der Waals surface area contributed by atoms with Gasteiger partial charge in [-0.1, -0.05) is 42.5 Å². The molecule has 2 aromatic carbocycles. The molecule has 1 amide bonds. The zero-order valence-electron chi connectivity index (χ0n) is 16.1. The lowest BCUT2D eigenvalue weighted by Crippen LogP contribution is -2.33. The molecule has 2 aromatic rings. The molecule has 0 saturated carbocycles. The van der Waals surface area contributed by atoms with Crippen molar-refractivity contribution in [3.05, 3.63) is 66.2 Å². The highest BCUT2D eigenvalue weighted by Gasteiger charge is 2.12. The fourth-order valence-electron chi connectivity index (χ4n) is 2.43. The smallest absolute Gasteiger partial charge is 0.407 e. The second-order valence-electron chi connectivity index (χ2n) is 5.93. The van der Waals surface area contributed by atoms with Crippen molar-refractivity contribution in [1.82, 2.24) is 5.32 Å². The predicted molar refractivity (Wildman–Crippen MR) is 107 cm³/mol. The molecular weight excluding hydrogens is 358 g/mol. The number of benzene rings is 2. The molecule has 1 N–H and O–H groups in total. The number of hydrogen-bond donors (Lipinski definition) is 1. The number of esters is 1. The van der Waals surface area contributed by atoms with Gasteiger partial charge in [0, 0.05) is 6.42 Å². The van der Waals surface area contributed by atoms with E-state index in [1.807, 2.05) is 66.7 Å². The number of para-hydroxylation sites is 1. The Kier molecular flexibility index (Phi) is 8.59. The van der Waals surface area contributed by atoms with Gasteiger partial charge in [0.05, 0.1) is 19.8 Å². The van der Waals surface area contributed by atoms with E-state index in [1.54, 1.807) is 6.92 Å². The first-order valence-corrected chi connectivity index (χ1v) is 9.12. The maximum Gasteiger partial charge on any atom is 0.407 e. The molecule has 148 valence electrons. The Morgan fingerprint density at radius 1 is 1.04 bits per heavy atom. The number of hydrogen-bond acceptors (Lipinski definition) is 5. The molecule has 0 heterocycles. The van der Waals surface area contributed by atoms with E-state index in [2.05, 4.69) is 10.1 Å². The van der Waals surface area contributed by atoms with E-state index in [1.165, 1.54) is 7.11 Å². The molecule has 0 fully saturated rings. The number of carbonyl (C=O) groups is 2. The standard InChI is InChI=1S/C22H25NO5/c1-3-27-21(24)16-13-18(23-22(25)26-2)12-9-17-10-14-20(15-11-17)28-19-7-5-4-6-8-19/h4-12,14-15,18H,3,13,16H2,1-2H3,(H,23,25)/b12-9+/t18-/m1/s1. The fraction of sp³-hybridized carbons (Fsp3) is 0.273. The van der Waals surface area contributed by atoms with Gasteiger partial charge in [0.2, 0.25) is 0 Å². The molecule has 28 heavy (non-hydrogen) atoms. The van der Waals surface area contributed by atoms with Crippen LogP contribution in [0, 0.1) is 0 Å². The summed E-state index contributed by atoms with van der Waals surface area (Å²) in [7, 11) is 1.30. The Hall–Kier alpha value is -3.28. The fourth-order valence-corrected chi connectivity index (χ4v) is 2.43. The van der Waals surface area contributed by atoms with Crippen LogP contribution in [0.4, 0.5) is 4.79 Å². The number of nitrogens with one attached hydrogen (secondary N) is 1. The van der Waals surface area contributed by atoms with Gasteiger partial charge in [0.15, 0.2) is 0 Å². The predicted octanol–water partition coefficient (Wildman–Crippen LogP) is 4.56. The minimum Gasteiger partial charge on any atom is -0.466 e. The van der Waals surface area contributed by atoms with Crippen molar-refractivity contribution < 1.29 is 23.8 Å². The van der Waals surface area contributed by atoms with E-state index in [-0.39, 0.29) is 18.4 Å². The van der Waals surface area contributed by atoms with Crippen LogP contribution in [-0.4, -0.2) is 31.8 Å². The summed E-state index contributed by atoms with van der Waals surface area (Å²) >= 11 is 0. The lowest BCUT2D eigenvalue weighted by molar-refractivity contribution is -0.143. The van der Waals surface area contributed by atoms with Crippen molar-refractivity contribution in [2.45, 2.75) is 25.8 Å². The van der Waals surface area contributed by atoms with Crippen LogP contribution in [0.5, 0.6) is 11.5 Å². The van der Waals surface area contributed by atoms with Gasteiger partial charge in [-0.2, -0.15) is 0 Å². The van der Waals surface area contributed by atoms with Crippen LogP contribution in [0.25, 0.3) is 6.08 Å². The molecule has 0 radical (unpaired) electrons. The van der Waals surface area contributed by atoms with Crippen molar-refractivity contribution in [3.8, 4) is 11.5 Å². The molecule has 1 atom stereocenters. The third-order valence-corrected chi connectivity index (χ3v) is 3.83.